The van der Waals surface area contributed by atoms with Gasteiger partial charge in [-0.3, -0.25) is 4.79 Å². The van der Waals surface area contributed by atoms with Crippen LogP contribution in [0.3, 0.4) is 0 Å². The quantitative estimate of drug-likeness (QED) is 0.731. The van der Waals surface area contributed by atoms with Crippen molar-refractivity contribution in [3.05, 3.63) is 71.3 Å². The molecule has 0 saturated heterocycles. The SMILES string of the molecule is Cc1ccccc1CCNC(=O)CCCCc1ccccc1. The van der Waals surface area contributed by atoms with Crippen molar-refractivity contribution in [2.75, 3.05) is 6.54 Å². The molecule has 0 spiro atoms. The molecule has 2 aromatic rings. The molecule has 0 aliphatic heterocycles. The maximum atomic E-state index is 11.8. The maximum absolute atomic E-state index is 11.8. The zero-order chi connectivity index (χ0) is 15.6. The first kappa shape index (κ1) is 16.3. The number of aryl methyl sites for hydroxylation is 2. The van der Waals surface area contributed by atoms with Gasteiger partial charge in [0.15, 0.2) is 0 Å². The van der Waals surface area contributed by atoms with Crippen molar-refractivity contribution in [3.63, 3.8) is 0 Å². The van der Waals surface area contributed by atoms with Crippen molar-refractivity contribution in [2.24, 2.45) is 0 Å². The minimum atomic E-state index is 0.168. The molecule has 2 heteroatoms. The number of amides is 1. The third-order valence-electron chi connectivity index (χ3n) is 3.94. The molecule has 22 heavy (non-hydrogen) atoms. The van der Waals surface area contributed by atoms with Crippen molar-refractivity contribution in [1.29, 1.82) is 0 Å². The third kappa shape index (κ3) is 5.72. The molecule has 2 rings (SSSR count). The van der Waals surface area contributed by atoms with Gasteiger partial charge in [0, 0.05) is 13.0 Å². The second kappa shape index (κ2) is 9.04. The summed E-state index contributed by atoms with van der Waals surface area (Å²) < 4.78 is 0. The number of nitrogens with one attached hydrogen (secondary N) is 1. The number of hydrogen-bond acceptors (Lipinski definition) is 1. The summed E-state index contributed by atoms with van der Waals surface area (Å²) in [5.74, 6) is 0.168. The van der Waals surface area contributed by atoms with Gasteiger partial charge in [0.2, 0.25) is 5.91 Å². The van der Waals surface area contributed by atoms with Crippen molar-refractivity contribution in [2.45, 2.75) is 39.0 Å². The van der Waals surface area contributed by atoms with Crippen molar-refractivity contribution in [3.8, 4) is 0 Å². The lowest BCUT2D eigenvalue weighted by Crippen LogP contribution is -2.25. The zero-order valence-electron chi connectivity index (χ0n) is 13.3. The Bertz CT molecular complexity index is 577. The second-order valence-corrected chi connectivity index (χ2v) is 5.72. The minimum Gasteiger partial charge on any atom is -0.356 e. The van der Waals surface area contributed by atoms with Crippen molar-refractivity contribution >= 4 is 5.91 Å². The van der Waals surface area contributed by atoms with E-state index in [1.807, 2.05) is 18.2 Å². The molecular weight excluding hydrogens is 270 g/mol. The standard InChI is InChI=1S/C20H25NO/c1-17-9-5-7-13-19(17)15-16-21-20(22)14-8-6-12-18-10-3-2-4-11-18/h2-5,7,9-11,13H,6,8,12,14-16H2,1H3,(H,21,22). The van der Waals surface area contributed by atoms with Gasteiger partial charge in [0.05, 0.1) is 0 Å². The van der Waals surface area contributed by atoms with Crippen LogP contribution in [0.15, 0.2) is 54.6 Å². The van der Waals surface area contributed by atoms with E-state index in [-0.39, 0.29) is 5.91 Å². The first-order chi connectivity index (χ1) is 10.8. The molecule has 116 valence electrons. The summed E-state index contributed by atoms with van der Waals surface area (Å²) >= 11 is 0. The smallest absolute Gasteiger partial charge is 0.220 e. The van der Waals surface area contributed by atoms with E-state index in [1.54, 1.807) is 0 Å². The number of carbonyl (C=O) groups is 1. The van der Waals surface area contributed by atoms with Crippen LogP contribution in [0.2, 0.25) is 0 Å². The first-order valence-corrected chi connectivity index (χ1v) is 8.11. The Morgan fingerprint density at radius 1 is 0.909 bits per heavy atom. The number of hydrogen-bond donors (Lipinski definition) is 1. The molecule has 1 N–H and O–H groups in total. The minimum absolute atomic E-state index is 0.168. The highest BCUT2D eigenvalue weighted by atomic mass is 16.1. The van der Waals surface area contributed by atoms with E-state index in [2.05, 4.69) is 48.6 Å². The Hall–Kier alpha value is -2.09. The zero-order valence-corrected chi connectivity index (χ0v) is 13.3. The third-order valence-corrected chi connectivity index (χ3v) is 3.94. The first-order valence-electron chi connectivity index (χ1n) is 8.11. The Morgan fingerprint density at radius 2 is 1.64 bits per heavy atom. The molecule has 0 saturated carbocycles. The molecule has 0 heterocycles. The monoisotopic (exact) mass is 295 g/mol. The van der Waals surface area contributed by atoms with Crippen LogP contribution in [0.1, 0.15) is 36.0 Å². The van der Waals surface area contributed by atoms with Crippen LogP contribution in [-0.2, 0) is 17.6 Å². The summed E-state index contributed by atoms with van der Waals surface area (Å²) in [5.41, 5.74) is 3.95. The van der Waals surface area contributed by atoms with E-state index in [9.17, 15) is 4.79 Å². The molecule has 0 radical (unpaired) electrons. The number of benzene rings is 2. The van der Waals surface area contributed by atoms with Crippen molar-refractivity contribution < 1.29 is 4.79 Å². The molecule has 2 aromatic carbocycles. The summed E-state index contributed by atoms with van der Waals surface area (Å²) in [6.07, 6.45) is 4.60. The van der Waals surface area contributed by atoms with Gasteiger partial charge in [-0.15, -0.1) is 0 Å². The van der Waals surface area contributed by atoms with E-state index in [4.69, 9.17) is 0 Å². The molecule has 0 fully saturated rings. The lowest BCUT2D eigenvalue weighted by molar-refractivity contribution is -0.121. The normalized spacial score (nSPS) is 10.4. The highest BCUT2D eigenvalue weighted by molar-refractivity contribution is 5.75. The molecule has 0 aliphatic rings. The average Bonchev–Trinajstić information content (AvgIpc) is 2.54. The summed E-state index contributed by atoms with van der Waals surface area (Å²) in [6, 6.07) is 18.8. The van der Waals surface area contributed by atoms with Gasteiger partial charge in [-0.2, -0.15) is 0 Å². The summed E-state index contributed by atoms with van der Waals surface area (Å²) in [4.78, 5) is 11.8. The Kier molecular flexibility index (Phi) is 6.69. The summed E-state index contributed by atoms with van der Waals surface area (Å²) in [5, 5.41) is 3.02. The highest BCUT2D eigenvalue weighted by Crippen LogP contribution is 2.08. The van der Waals surface area contributed by atoms with Crippen molar-refractivity contribution in [1.82, 2.24) is 5.32 Å². The highest BCUT2D eigenvalue weighted by Gasteiger charge is 2.02. The van der Waals surface area contributed by atoms with Crippen LogP contribution in [0.4, 0.5) is 0 Å². The van der Waals surface area contributed by atoms with E-state index in [1.165, 1.54) is 16.7 Å². The molecular formula is C20H25NO. The van der Waals surface area contributed by atoms with Gasteiger partial charge < -0.3 is 5.32 Å². The van der Waals surface area contributed by atoms with Crippen LogP contribution in [0.5, 0.6) is 0 Å². The fourth-order valence-electron chi connectivity index (χ4n) is 2.57. The number of unbranched alkanes of at least 4 members (excludes halogenated alkanes) is 1. The van der Waals surface area contributed by atoms with E-state index in [0.29, 0.717) is 6.42 Å². The van der Waals surface area contributed by atoms with Crippen LogP contribution in [0, 0.1) is 6.92 Å². The Morgan fingerprint density at radius 3 is 2.41 bits per heavy atom. The maximum Gasteiger partial charge on any atom is 0.220 e. The Labute approximate surface area is 133 Å². The molecule has 0 bridgehead atoms. The largest absolute Gasteiger partial charge is 0.356 e. The fourth-order valence-corrected chi connectivity index (χ4v) is 2.57. The number of rotatable bonds is 8. The van der Waals surface area contributed by atoms with E-state index in [0.717, 1.165) is 32.2 Å². The molecule has 0 aliphatic carbocycles. The van der Waals surface area contributed by atoms with E-state index < -0.39 is 0 Å². The predicted octanol–water partition coefficient (Wildman–Crippen LogP) is 4.07. The lowest BCUT2D eigenvalue weighted by Gasteiger charge is -2.07. The molecule has 2 nitrogen and oxygen atoms in total. The lowest BCUT2D eigenvalue weighted by atomic mass is 10.1. The van der Waals surface area contributed by atoms with E-state index >= 15 is 0 Å². The fraction of sp³-hybridized carbons (Fsp3) is 0.350. The van der Waals surface area contributed by atoms with Gasteiger partial charge in [-0.25, -0.2) is 0 Å². The van der Waals surface area contributed by atoms with Gasteiger partial charge in [0.25, 0.3) is 0 Å². The van der Waals surface area contributed by atoms with Gasteiger partial charge in [-0.05, 0) is 49.3 Å². The van der Waals surface area contributed by atoms with Crippen LogP contribution >= 0.6 is 0 Å². The van der Waals surface area contributed by atoms with Gasteiger partial charge in [0.1, 0.15) is 0 Å². The van der Waals surface area contributed by atoms with Crippen LogP contribution in [-0.4, -0.2) is 12.5 Å². The second-order valence-electron chi connectivity index (χ2n) is 5.72. The predicted molar refractivity (Wildman–Crippen MR) is 91.9 cm³/mol. The molecule has 0 atom stereocenters. The molecule has 1 amide bonds. The van der Waals surface area contributed by atoms with Gasteiger partial charge >= 0.3 is 0 Å². The van der Waals surface area contributed by atoms with Crippen LogP contribution in [0.25, 0.3) is 0 Å². The summed E-state index contributed by atoms with van der Waals surface area (Å²) in [6.45, 7) is 2.84. The molecule has 0 aromatic heterocycles. The number of carbonyl (C=O) groups excluding carboxylic acids is 1. The molecule has 0 unspecified atom stereocenters. The summed E-state index contributed by atoms with van der Waals surface area (Å²) in [7, 11) is 0. The Balaban J connectivity index is 1.57. The van der Waals surface area contributed by atoms with Gasteiger partial charge in [-0.1, -0.05) is 54.6 Å². The van der Waals surface area contributed by atoms with Crippen LogP contribution < -0.4 is 5.32 Å². The average molecular weight is 295 g/mol. The topological polar surface area (TPSA) is 29.1 Å².